The van der Waals surface area contributed by atoms with Gasteiger partial charge in [0.15, 0.2) is 17.3 Å². The Labute approximate surface area is 229 Å². The summed E-state index contributed by atoms with van der Waals surface area (Å²) in [5.74, 6) is -1.07. The molecule has 38 heavy (non-hydrogen) atoms. The molecule has 1 fully saturated rings. The fourth-order valence-corrected chi connectivity index (χ4v) is 4.80. The fraction of sp³-hybridized carbons (Fsp3) is 0.308. The average Bonchev–Trinajstić information content (AvgIpc) is 2.88. The van der Waals surface area contributed by atoms with Crippen LogP contribution in [0.5, 0.6) is 5.75 Å². The first-order chi connectivity index (χ1) is 18.1. The minimum Gasteiger partial charge on any atom is -0.489 e. The van der Waals surface area contributed by atoms with Crippen LogP contribution in [0.1, 0.15) is 40.3 Å². The highest BCUT2D eigenvalue weighted by Crippen LogP contribution is 2.28. The van der Waals surface area contributed by atoms with Gasteiger partial charge in [0, 0.05) is 53.9 Å². The Balaban J connectivity index is 1.37. The predicted molar refractivity (Wildman–Crippen MR) is 144 cm³/mol. The Hall–Kier alpha value is -3.47. The monoisotopic (exact) mass is 560 g/mol. The van der Waals surface area contributed by atoms with E-state index in [9.17, 15) is 14.0 Å². The minimum atomic E-state index is -0.583. The van der Waals surface area contributed by atoms with Gasteiger partial charge in [0.2, 0.25) is 0 Å². The molecule has 200 valence electrons. The molecule has 3 aromatic rings. The molecule has 2 heterocycles. The van der Waals surface area contributed by atoms with Crippen LogP contribution in [-0.2, 0) is 6.42 Å². The summed E-state index contributed by atoms with van der Waals surface area (Å²) in [6.45, 7) is 5.40. The van der Waals surface area contributed by atoms with Gasteiger partial charge in [-0.05, 0) is 55.8 Å². The third kappa shape index (κ3) is 6.50. The van der Waals surface area contributed by atoms with Gasteiger partial charge < -0.3 is 26.0 Å². The maximum Gasteiger partial charge on any atom is 0.276 e. The van der Waals surface area contributed by atoms with Crippen LogP contribution in [0.3, 0.4) is 0 Å². The summed E-state index contributed by atoms with van der Waals surface area (Å²) in [6.07, 6.45) is 0.204. The van der Waals surface area contributed by atoms with Gasteiger partial charge >= 0.3 is 0 Å². The number of carbonyl (C=O) groups excluding carboxylic acids is 2. The molecule has 0 aliphatic carbocycles. The highest BCUT2D eigenvalue weighted by Gasteiger charge is 2.25. The van der Waals surface area contributed by atoms with Crippen molar-refractivity contribution in [3.63, 3.8) is 0 Å². The number of carbonyl (C=O) groups is 2. The van der Waals surface area contributed by atoms with Crippen molar-refractivity contribution in [2.75, 3.05) is 30.7 Å². The Morgan fingerprint density at radius 2 is 1.82 bits per heavy atom. The summed E-state index contributed by atoms with van der Waals surface area (Å²) in [5, 5.41) is 14.0. The number of anilines is 2. The van der Waals surface area contributed by atoms with E-state index in [2.05, 4.69) is 20.8 Å². The standard InChI is InChI=1S/C26H27Cl2FN6O3/c1-14-12-35(13-15(2)31-14)26(37)16-3-5-17(6-4-16)32-25(36)21-11-22(24(30)34-33-21)38-10-9-18-19(27)7-8-20(29)23(18)28/h3-8,11,14-15,31H,9-10,12-13H2,1-2H3,(H2,30,34)(H,32,36)/t14-,15+. The molecule has 1 aromatic heterocycles. The molecule has 1 aliphatic rings. The van der Waals surface area contributed by atoms with E-state index in [4.69, 9.17) is 33.7 Å². The number of nitrogens with zero attached hydrogens (tertiary/aromatic N) is 3. The van der Waals surface area contributed by atoms with Crippen LogP contribution in [-0.4, -0.2) is 58.7 Å². The van der Waals surface area contributed by atoms with Crippen molar-refractivity contribution in [2.45, 2.75) is 32.4 Å². The lowest BCUT2D eigenvalue weighted by molar-refractivity contribution is 0.0673. The molecule has 0 unspecified atom stereocenters. The van der Waals surface area contributed by atoms with Gasteiger partial charge in [-0.3, -0.25) is 9.59 Å². The largest absolute Gasteiger partial charge is 0.489 e. The van der Waals surface area contributed by atoms with Crippen LogP contribution in [0.25, 0.3) is 0 Å². The number of nitrogens with two attached hydrogens (primary N) is 1. The molecule has 0 bridgehead atoms. The molecule has 0 saturated carbocycles. The third-order valence-electron chi connectivity index (χ3n) is 6.00. The van der Waals surface area contributed by atoms with E-state index in [0.717, 1.165) is 0 Å². The van der Waals surface area contributed by atoms with E-state index in [1.165, 1.54) is 18.2 Å². The van der Waals surface area contributed by atoms with Crippen molar-refractivity contribution < 1.29 is 18.7 Å². The molecule has 2 atom stereocenters. The summed E-state index contributed by atoms with van der Waals surface area (Å²) in [7, 11) is 0. The molecule has 0 spiro atoms. The van der Waals surface area contributed by atoms with E-state index in [1.807, 2.05) is 18.7 Å². The maximum absolute atomic E-state index is 13.7. The number of hydrogen-bond acceptors (Lipinski definition) is 7. The smallest absolute Gasteiger partial charge is 0.276 e. The number of nitrogen functional groups attached to an aromatic ring is 1. The van der Waals surface area contributed by atoms with Crippen molar-refractivity contribution in [3.8, 4) is 5.75 Å². The van der Waals surface area contributed by atoms with Gasteiger partial charge in [-0.15, -0.1) is 10.2 Å². The van der Waals surface area contributed by atoms with Crippen molar-refractivity contribution in [1.82, 2.24) is 20.4 Å². The van der Waals surface area contributed by atoms with Gasteiger partial charge in [0.25, 0.3) is 11.8 Å². The van der Waals surface area contributed by atoms with Crippen LogP contribution in [0.4, 0.5) is 15.9 Å². The van der Waals surface area contributed by atoms with Crippen LogP contribution in [0.2, 0.25) is 10.0 Å². The van der Waals surface area contributed by atoms with E-state index in [-0.39, 0.29) is 53.3 Å². The van der Waals surface area contributed by atoms with Crippen LogP contribution < -0.4 is 21.1 Å². The molecule has 12 heteroatoms. The second kappa shape index (κ2) is 11.9. The van der Waals surface area contributed by atoms with Crippen LogP contribution in [0.15, 0.2) is 42.5 Å². The van der Waals surface area contributed by atoms with Crippen molar-refractivity contribution >= 4 is 46.5 Å². The maximum atomic E-state index is 13.7. The first kappa shape index (κ1) is 27.6. The second-order valence-electron chi connectivity index (χ2n) is 9.11. The van der Waals surface area contributed by atoms with Crippen LogP contribution in [0, 0.1) is 5.82 Å². The SMILES string of the molecule is C[C@@H]1CN(C(=O)c2ccc(NC(=O)c3cc(OCCc4c(Cl)ccc(F)c4Cl)c(N)nn3)cc2)C[C@H](C)N1. The first-order valence-corrected chi connectivity index (χ1v) is 12.7. The number of rotatable bonds is 7. The lowest BCUT2D eigenvalue weighted by Gasteiger charge is -2.36. The summed E-state index contributed by atoms with van der Waals surface area (Å²) >= 11 is 12.1. The normalized spacial score (nSPS) is 17.2. The number of halogens is 3. The van der Waals surface area contributed by atoms with Crippen molar-refractivity contribution in [1.29, 1.82) is 0 Å². The topological polar surface area (TPSA) is 122 Å². The van der Waals surface area contributed by atoms with Gasteiger partial charge in [-0.2, -0.15) is 0 Å². The highest BCUT2D eigenvalue weighted by atomic mass is 35.5. The quantitative estimate of drug-likeness (QED) is 0.370. The van der Waals surface area contributed by atoms with Gasteiger partial charge in [-0.25, -0.2) is 4.39 Å². The molecular weight excluding hydrogens is 534 g/mol. The van der Waals surface area contributed by atoms with E-state index in [0.29, 0.717) is 34.9 Å². The number of aromatic nitrogens is 2. The van der Waals surface area contributed by atoms with Crippen molar-refractivity contribution in [3.05, 3.63) is 75.1 Å². The molecule has 1 aliphatic heterocycles. The average molecular weight is 561 g/mol. The van der Waals surface area contributed by atoms with E-state index >= 15 is 0 Å². The Morgan fingerprint density at radius 1 is 1.13 bits per heavy atom. The summed E-state index contributed by atoms with van der Waals surface area (Å²) in [6, 6.07) is 11.0. The zero-order chi connectivity index (χ0) is 27.4. The Kier molecular flexibility index (Phi) is 8.65. The number of piperazine rings is 1. The molecule has 2 aromatic carbocycles. The molecule has 1 saturated heterocycles. The second-order valence-corrected chi connectivity index (χ2v) is 9.89. The van der Waals surface area contributed by atoms with Gasteiger partial charge in [0.05, 0.1) is 11.6 Å². The highest BCUT2D eigenvalue weighted by molar-refractivity contribution is 6.36. The minimum absolute atomic E-state index is 0.0163. The predicted octanol–water partition coefficient (Wildman–Crippen LogP) is 4.20. The summed E-state index contributed by atoms with van der Waals surface area (Å²) in [4.78, 5) is 27.5. The summed E-state index contributed by atoms with van der Waals surface area (Å²) < 4.78 is 19.4. The number of hydrogen-bond donors (Lipinski definition) is 3. The first-order valence-electron chi connectivity index (χ1n) is 12.0. The molecule has 0 radical (unpaired) electrons. The molecule has 2 amide bonds. The van der Waals surface area contributed by atoms with Crippen molar-refractivity contribution in [2.24, 2.45) is 0 Å². The zero-order valence-electron chi connectivity index (χ0n) is 20.8. The van der Waals surface area contributed by atoms with Gasteiger partial charge in [0.1, 0.15) is 5.82 Å². The van der Waals surface area contributed by atoms with Gasteiger partial charge in [-0.1, -0.05) is 23.2 Å². The molecular formula is C26H27Cl2FN6O3. The molecule has 4 rings (SSSR count). The Bertz CT molecular complexity index is 1330. The van der Waals surface area contributed by atoms with Crippen LogP contribution >= 0.6 is 23.2 Å². The number of nitrogens with one attached hydrogen (secondary N) is 2. The zero-order valence-corrected chi connectivity index (χ0v) is 22.3. The third-order valence-corrected chi connectivity index (χ3v) is 6.76. The number of ether oxygens (including phenoxy) is 1. The molecule has 4 N–H and O–H groups in total. The van der Waals surface area contributed by atoms with E-state index < -0.39 is 11.7 Å². The lowest BCUT2D eigenvalue weighted by atomic mass is 10.1. The summed E-state index contributed by atoms with van der Waals surface area (Å²) in [5.41, 5.74) is 7.23. The number of benzene rings is 2. The number of amides is 2. The molecule has 9 nitrogen and oxygen atoms in total. The Morgan fingerprint density at radius 3 is 2.50 bits per heavy atom. The lowest BCUT2D eigenvalue weighted by Crippen LogP contribution is -2.55. The fourth-order valence-electron chi connectivity index (χ4n) is 4.24. The van der Waals surface area contributed by atoms with E-state index in [1.54, 1.807) is 24.3 Å².